The zero-order chi connectivity index (χ0) is 17.2. The lowest BCUT2D eigenvalue weighted by Gasteiger charge is -2.08. The van der Waals surface area contributed by atoms with Crippen molar-refractivity contribution in [2.45, 2.75) is 26.3 Å². The van der Waals surface area contributed by atoms with Gasteiger partial charge >= 0.3 is 12.0 Å². The number of unbranched alkanes of at least 4 members (excludes halogenated alkanes) is 1. The van der Waals surface area contributed by atoms with Gasteiger partial charge in [-0.2, -0.15) is 0 Å². The summed E-state index contributed by atoms with van der Waals surface area (Å²) in [4.78, 5) is 23.7. The second-order valence-corrected chi connectivity index (χ2v) is 5.36. The van der Waals surface area contributed by atoms with Gasteiger partial charge in [0.25, 0.3) is 0 Å². The third-order valence-corrected chi connectivity index (χ3v) is 3.41. The van der Waals surface area contributed by atoms with Crippen molar-refractivity contribution in [1.29, 1.82) is 0 Å². The van der Waals surface area contributed by atoms with Gasteiger partial charge in [-0.25, -0.2) is 9.59 Å². The van der Waals surface area contributed by atoms with Crippen LogP contribution in [0.5, 0.6) is 0 Å². The zero-order valence-corrected chi connectivity index (χ0v) is 13.7. The lowest BCUT2D eigenvalue weighted by atomic mass is 10.2. The van der Waals surface area contributed by atoms with Crippen LogP contribution in [0.1, 0.15) is 35.7 Å². The maximum Gasteiger partial charge on any atom is 0.338 e. The van der Waals surface area contributed by atoms with Crippen molar-refractivity contribution in [3.63, 3.8) is 0 Å². The molecule has 0 spiro atoms. The summed E-state index contributed by atoms with van der Waals surface area (Å²) in [6.45, 7) is 2.92. The second-order valence-electron chi connectivity index (χ2n) is 5.36. The molecule has 24 heavy (non-hydrogen) atoms. The van der Waals surface area contributed by atoms with Crippen LogP contribution in [-0.4, -0.2) is 18.6 Å². The highest BCUT2D eigenvalue weighted by Gasteiger charge is 2.07. The lowest BCUT2D eigenvalue weighted by molar-refractivity contribution is 0.0500. The molecular weight excluding hydrogens is 304 g/mol. The van der Waals surface area contributed by atoms with E-state index in [1.165, 1.54) is 0 Å². The monoisotopic (exact) mass is 326 g/mol. The molecule has 0 bridgehead atoms. The molecule has 0 aliphatic heterocycles. The van der Waals surface area contributed by atoms with Gasteiger partial charge in [-0.15, -0.1) is 0 Å². The van der Waals surface area contributed by atoms with Gasteiger partial charge in [-0.05, 0) is 36.2 Å². The first-order chi connectivity index (χ1) is 11.7. The van der Waals surface area contributed by atoms with Crippen molar-refractivity contribution >= 4 is 17.7 Å². The number of rotatable bonds is 7. The molecular formula is C19H22N2O3. The Morgan fingerprint density at radius 3 is 2.38 bits per heavy atom. The average Bonchev–Trinajstić information content (AvgIpc) is 2.61. The van der Waals surface area contributed by atoms with E-state index in [2.05, 4.69) is 10.6 Å². The van der Waals surface area contributed by atoms with Crippen LogP contribution in [0.4, 0.5) is 10.5 Å². The van der Waals surface area contributed by atoms with Crippen LogP contribution in [0.3, 0.4) is 0 Å². The molecule has 0 saturated heterocycles. The number of urea groups is 1. The minimum atomic E-state index is -0.344. The first kappa shape index (κ1) is 17.5. The molecule has 0 saturated carbocycles. The van der Waals surface area contributed by atoms with Gasteiger partial charge in [0.15, 0.2) is 0 Å². The molecule has 0 aliphatic rings. The van der Waals surface area contributed by atoms with Crippen molar-refractivity contribution in [2.75, 3.05) is 11.9 Å². The fraction of sp³-hybridized carbons (Fsp3) is 0.263. The highest BCUT2D eigenvalue weighted by Crippen LogP contribution is 2.11. The Hall–Kier alpha value is -2.82. The summed E-state index contributed by atoms with van der Waals surface area (Å²) in [5.74, 6) is -0.344. The molecule has 0 aliphatic carbocycles. The standard InChI is InChI=1S/C19H22N2O3/c1-2-3-13-24-18(22)16-9-11-17(12-10-16)21-19(23)20-14-15-7-5-4-6-8-15/h4-12H,2-3,13-14H2,1H3,(H2,20,21,23). The van der Waals surface area contributed by atoms with E-state index in [1.54, 1.807) is 24.3 Å². The molecule has 2 aromatic rings. The zero-order valence-electron chi connectivity index (χ0n) is 13.7. The number of amides is 2. The molecule has 0 fully saturated rings. The minimum Gasteiger partial charge on any atom is -0.462 e. The normalized spacial score (nSPS) is 10.0. The van der Waals surface area contributed by atoms with Crippen LogP contribution in [-0.2, 0) is 11.3 Å². The summed E-state index contributed by atoms with van der Waals surface area (Å²) in [7, 11) is 0. The van der Waals surface area contributed by atoms with Crippen LogP contribution in [0.2, 0.25) is 0 Å². The Kier molecular flexibility index (Phi) is 6.83. The maximum atomic E-state index is 11.9. The number of anilines is 1. The molecule has 0 heterocycles. The number of carbonyl (C=O) groups is 2. The van der Waals surface area contributed by atoms with E-state index in [1.807, 2.05) is 37.3 Å². The van der Waals surface area contributed by atoms with Crippen LogP contribution in [0.15, 0.2) is 54.6 Å². The third-order valence-electron chi connectivity index (χ3n) is 3.41. The van der Waals surface area contributed by atoms with E-state index in [-0.39, 0.29) is 12.0 Å². The first-order valence-corrected chi connectivity index (χ1v) is 8.05. The molecule has 0 unspecified atom stereocenters. The van der Waals surface area contributed by atoms with Crippen LogP contribution in [0, 0.1) is 0 Å². The predicted octanol–water partition coefficient (Wildman–Crippen LogP) is 3.97. The quantitative estimate of drug-likeness (QED) is 0.598. The number of hydrogen-bond donors (Lipinski definition) is 2. The smallest absolute Gasteiger partial charge is 0.338 e. The minimum absolute atomic E-state index is 0.294. The largest absolute Gasteiger partial charge is 0.462 e. The van der Waals surface area contributed by atoms with Crippen LogP contribution in [0.25, 0.3) is 0 Å². The molecule has 2 rings (SSSR count). The number of nitrogens with one attached hydrogen (secondary N) is 2. The fourth-order valence-electron chi connectivity index (χ4n) is 2.04. The van der Waals surface area contributed by atoms with E-state index >= 15 is 0 Å². The molecule has 5 nitrogen and oxygen atoms in total. The summed E-state index contributed by atoms with van der Waals surface area (Å²) in [6.07, 6.45) is 1.83. The maximum absolute atomic E-state index is 11.9. The topological polar surface area (TPSA) is 67.4 Å². The van der Waals surface area contributed by atoms with Gasteiger partial charge in [0.1, 0.15) is 0 Å². The summed E-state index contributed by atoms with van der Waals surface area (Å²) < 4.78 is 5.14. The Balaban J connectivity index is 1.80. The summed E-state index contributed by atoms with van der Waals surface area (Å²) in [5.41, 5.74) is 2.12. The van der Waals surface area contributed by atoms with E-state index in [0.29, 0.717) is 24.4 Å². The van der Waals surface area contributed by atoms with Gasteiger partial charge < -0.3 is 15.4 Å². The van der Waals surface area contributed by atoms with Crippen molar-refractivity contribution in [2.24, 2.45) is 0 Å². The SMILES string of the molecule is CCCCOC(=O)c1ccc(NC(=O)NCc2ccccc2)cc1. The highest BCUT2D eigenvalue weighted by molar-refractivity contribution is 5.92. The second kappa shape index (κ2) is 9.35. The number of carbonyl (C=O) groups excluding carboxylic acids is 2. The summed E-state index contributed by atoms with van der Waals surface area (Å²) >= 11 is 0. The Morgan fingerprint density at radius 2 is 1.71 bits per heavy atom. The van der Waals surface area contributed by atoms with E-state index in [4.69, 9.17) is 4.74 Å². The van der Waals surface area contributed by atoms with Crippen molar-refractivity contribution in [3.8, 4) is 0 Å². The number of ether oxygens (including phenoxy) is 1. The first-order valence-electron chi connectivity index (χ1n) is 8.05. The molecule has 0 radical (unpaired) electrons. The van der Waals surface area contributed by atoms with Crippen LogP contribution < -0.4 is 10.6 Å². The fourth-order valence-corrected chi connectivity index (χ4v) is 2.04. The van der Waals surface area contributed by atoms with Gasteiger partial charge in [0.2, 0.25) is 0 Å². The molecule has 2 aromatic carbocycles. The number of hydrogen-bond acceptors (Lipinski definition) is 3. The average molecular weight is 326 g/mol. The third kappa shape index (κ3) is 5.76. The molecule has 2 amide bonds. The number of esters is 1. The van der Waals surface area contributed by atoms with E-state index < -0.39 is 0 Å². The van der Waals surface area contributed by atoms with Gasteiger partial charge in [-0.3, -0.25) is 0 Å². The molecule has 0 atom stereocenters. The summed E-state index contributed by atoms with van der Waals surface area (Å²) in [5, 5.41) is 5.51. The number of benzene rings is 2. The molecule has 0 aromatic heterocycles. The van der Waals surface area contributed by atoms with Crippen LogP contribution >= 0.6 is 0 Å². The van der Waals surface area contributed by atoms with Gasteiger partial charge in [0.05, 0.1) is 12.2 Å². The predicted molar refractivity (Wildman–Crippen MR) is 93.9 cm³/mol. The van der Waals surface area contributed by atoms with Gasteiger partial charge in [-0.1, -0.05) is 43.7 Å². The lowest BCUT2D eigenvalue weighted by Crippen LogP contribution is -2.28. The Labute approximate surface area is 142 Å². The van der Waals surface area contributed by atoms with Crippen molar-refractivity contribution in [1.82, 2.24) is 5.32 Å². The van der Waals surface area contributed by atoms with Crippen molar-refractivity contribution in [3.05, 3.63) is 65.7 Å². The Morgan fingerprint density at radius 1 is 1.00 bits per heavy atom. The molecule has 5 heteroatoms. The Bertz CT molecular complexity index is 654. The van der Waals surface area contributed by atoms with Gasteiger partial charge in [0, 0.05) is 12.2 Å². The van der Waals surface area contributed by atoms with E-state index in [0.717, 1.165) is 18.4 Å². The molecule has 2 N–H and O–H groups in total. The highest BCUT2D eigenvalue weighted by atomic mass is 16.5. The van der Waals surface area contributed by atoms with E-state index in [9.17, 15) is 9.59 Å². The molecule has 126 valence electrons. The van der Waals surface area contributed by atoms with Crippen molar-refractivity contribution < 1.29 is 14.3 Å². The summed E-state index contributed by atoms with van der Waals surface area (Å²) in [6, 6.07) is 16.0.